The average Bonchev–Trinajstić information content (AvgIpc) is 2.25. The van der Waals surface area contributed by atoms with Crippen LogP contribution in [0.3, 0.4) is 0 Å². The Bertz CT molecular complexity index is 557. The van der Waals surface area contributed by atoms with Crippen LogP contribution in [0.2, 0.25) is 0 Å². The molecule has 1 N–H and O–H groups in total. The van der Waals surface area contributed by atoms with Crippen LogP contribution in [0.15, 0.2) is 16.6 Å². The molecule has 0 atom stereocenters. The first-order chi connectivity index (χ1) is 8.76. The van der Waals surface area contributed by atoms with Gasteiger partial charge < -0.3 is 10.1 Å². The molecule has 1 heterocycles. The zero-order chi connectivity index (χ0) is 14.2. The van der Waals surface area contributed by atoms with Gasteiger partial charge in [0, 0.05) is 10.0 Å². The van der Waals surface area contributed by atoms with Crippen LogP contribution in [-0.2, 0) is 4.79 Å². The number of Topliss-reactive ketones (excluding diaryl/α,β-unsaturated/α-hetero) is 1. The van der Waals surface area contributed by atoms with Crippen LogP contribution in [-0.4, -0.2) is 24.5 Å². The van der Waals surface area contributed by atoms with Gasteiger partial charge in [0.2, 0.25) is 0 Å². The second kappa shape index (κ2) is 4.84. The Hall–Kier alpha value is -1.57. The van der Waals surface area contributed by atoms with Crippen LogP contribution >= 0.6 is 15.9 Å². The van der Waals surface area contributed by atoms with Crippen molar-refractivity contribution in [3.05, 3.63) is 22.2 Å². The van der Waals surface area contributed by atoms with Gasteiger partial charge in [-0.25, -0.2) is 0 Å². The maximum absolute atomic E-state index is 12.2. The topological polar surface area (TPSA) is 55.4 Å². The maximum Gasteiger partial charge on any atom is 0.396 e. The van der Waals surface area contributed by atoms with Crippen molar-refractivity contribution in [3.8, 4) is 5.75 Å². The van der Waals surface area contributed by atoms with Crippen molar-refractivity contribution < 1.29 is 27.5 Å². The molecule has 0 saturated carbocycles. The van der Waals surface area contributed by atoms with Gasteiger partial charge in [-0.15, -0.1) is 0 Å². The van der Waals surface area contributed by atoms with Gasteiger partial charge in [0.25, 0.3) is 5.91 Å². The van der Waals surface area contributed by atoms with Crippen molar-refractivity contribution in [2.45, 2.75) is 12.6 Å². The smallest absolute Gasteiger partial charge is 0.396 e. The second-order valence-corrected chi connectivity index (χ2v) is 4.73. The first-order valence-electron chi connectivity index (χ1n) is 5.12. The van der Waals surface area contributed by atoms with E-state index in [9.17, 15) is 22.8 Å². The highest BCUT2D eigenvalue weighted by Gasteiger charge is 2.33. The van der Waals surface area contributed by atoms with Crippen LogP contribution in [0.4, 0.5) is 18.9 Å². The number of rotatable bonds is 2. The number of ketones is 1. The van der Waals surface area contributed by atoms with Crippen molar-refractivity contribution in [2.24, 2.45) is 0 Å². The molecule has 0 radical (unpaired) electrons. The van der Waals surface area contributed by atoms with E-state index in [1.807, 2.05) is 0 Å². The van der Waals surface area contributed by atoms with E-state index >= 15 is 0 Å². The Labute approximate surface area is 114 Å². The van der Waals surface area contributed by atoms with E-state index < -0.39 is 18.4 Å². The summed E-state index contributed by atoms with van der Waals surface area (Å²) >= 11 is 3.01. The molecule has 0 fully saturated rings. The Morgan fingerprint density at radius 1 is 1.42 bits per heavy atom. The fourth-order valence-electron chi connectivity index (χ4n) is 1.59. The summed E-state index contributed by atoms with van der Waals surface area (Å²) in [5.41, 5.74) is 0.180. The van der Waals surface area contributed by atoms with E-state index in [0.29, 0.717) is 5.69 Å². The molecule has 0 bridgehead atoms. The fourth-order valence-corrected chi connectivity index (χ4v) is 2.16. The second-order valence-electron chi connectivity index (χ2n) is 3.88. The Morgan fingerprint density at radius 3 is 2.74 bits per heavy atom. The molecule has 1 amide bonds. The number of amides is 1. The SMILES string of the molecule is O=C1COc2cc(C(=O)CC(F)(F)F)c(Br)cc2N1. The highest BCUT2D eigenvalue weighted by atomic mass is 79.9. The fraction of sp³-hybridized carbons (Fsp3) is 0.273. The minimum absolute atomic E-state index is 0.132. The van der Waals surface area contributed by atoms with E-state index in [1.54, 1.807) is 0 Å². The van der Waals surface area contributed by atoms with Crippen molar-refractivity contribution in [1.82, 2.24) is 0 Å². The van der Waals surface area contributed by atoms with Crippen LogP contribution in [0.1, 0.15) is 16.8 Å². The zero-order valence-corrected chi connectivity index (χ0v) is 10.9. The largest absolute Gasteiger partial charge is 0.482 e. The number of hydrogen-bond donors (Lipinski definition) is 1. The number of carbonyl (C=O) groups excluding carboxylic acids is 2. The van der Waals surface area contributed by atoms with Crippen LogP contribution in [0.25, 0.3) is 0 Å². The summed E-state index contributed by atoms with van der Waals surface area (Å²) in [5, 5.41) is 2.49. The summed E-state index contributed by atoms with van der Waals surface area (Å²) in [6.07, 6.45) is -6.11. The Morgan fingerprint density at radius 2 is 2.11 bits per heavy atom. The van der Waals surface area contributed by atoms with E-state index in [1.165, 1.54) is 12.1 Å². The van der Waals surface area contributed by atoms with Crippen LogP contribution in [0.5, 0.6) is 5.75 Å². The van der Waals surface area contributed by atoms with E-state index in [2.05, 4.69) is 21.2 Å². The monoisotopic (exact) mass is 337 g/mol. The Balaban J connectivity index is 2.33. The molecule has 102 valence electrons. The first kappa shape index (κ1) is 13.9. The third-order valence-electron chi connectivity index (χ3n) is 2.36. The summed E-state index contributed by atoms with van der Waals surface area (Å²) in [4.78, 5) is 22.6. The van der Waals surface area contributed by atoms with Crippen LogP contribution < -0.4 is 10.1 Å². The third kappa shape index (κ3) is 3.25. The predicted molar refractivity (Wildman–Crippen MR) is 63.3 cm³/mol. The Kier molecular flexibility index (Phi) is 3.53. The molecule has 1 aliphatic heterocycles. The van der Waals surface area contributed by atoms with Gasteiger partial charge in [-0.2, -0.15) is 13.2 Å². The number of alkyl halides is 3. The number of anilines is 1. The number of benzene rings is 1. The van der Waals surface area contributed by atoms with Gasteiger partial charge in [0.1, 0.15) is 12.2 Å². The molecule has 0 saturated heterocycles. The summed E-state index contributed by atoms with van der Waals surface area (Å²) in [5.74, 6) is -1.26. The zero-order valence-electron chi connectivity index (χ0n) is 9.31. The molecule has 1 aliphatic rings. The molecule has 1 aromatic carbocycles. The number of halogens is 4. The molecule has 2 rings (SSSR count). The van der Waals surface area contributed by atoms with Gasteiger partial charge >= 0.3 is 6.18 Å². The molecule has 0 unspecified atom stereocenters. The number of hydrogen-bond acceptors (Lipinski definition) is 3. The lowest BCUT2D eigenvalue weighted by atomic mass is 10.1. The van der Waals surface area contributed by atoms with Crippen molar-refractivity contribution >= 4 is 33.3 Å². The number of ether oxygens (including phenoxy) is 1. The van der Waals surface area contributed by atoms with Gasteiger partial charge in [0.05, 0.1) is 5.69 Å². The summed E-state index contributed by atoms with van der Waals surface area (Å²) in [6.45, 7) is -0.235. The highest BCUT2D eigenvalue weighted by molar-refractivity contribution is 9.10. The van der Waals surface area contributed by atoms with Crippen molar-refractivity contribution in [1.29, 1.82) is 0 Å². The molecule has 4 nitrogen and oxygen atoms in total. The average molecular weight is 338 g/mol. The standard InChI is InChI=1S/C11H7BrF3NO3/c12-6-2-7-9(19-4-10(18)16-7)1-5(6)8(17)3-11(13,14)15/h1-2H,3-4H2,(H,16,18). The molecule has 0 spiro atoms. The van der Waals surface area contributed by atoms with E-state index in [4.69, 9.17) is 4.74 Å². The maximum atomic E-state index is 12.2. The van der Waals surface area contributed by atoms with Gasteiger partial charge in [0.15, 0.2) is 12.4 Å². The lowest BCUT2D eigenvalue weighted by Gasteiger charge is -2.19. The summed E-state index contributed by atoms with van der Waals surface area (Å²) < 4.78 is 41.8. The van der Waals surface area contributed by atoms with E-state index in [-0.39, 0.29) is 28.3 Å². The molecule has 1 aromatic rings. The minimum Gasteiger partial charge on any atom is -0.482 e. The van der Waals surface area contributed by atoms with Crippen LogP contribution in [0, 0.1) is 0 Å². The lowest BCUT2D eigenvalue weighted by molar-refractivity contribution is -0.125. The molecule has 0 aliphatic carbocycles. The number of carbonyl (C=O) groups is 2. The molecule has 0 aromatic heterocycles. The minimum atomic E-state index is -4.57. The quantitative estimate of drug-likeness (QED) is 0.844. The van der Waals surface area contributed by atoms with E-state index in [0.717, 1.165) is 0 Å². The number of fused-ring (bicyclic) bond motifs is 1. The third-order valence-corrected chi connectivity index (χ3v) is 3.02. The van der Waals surface area contributed by atoms with Gasteiger partial charge in [-0.3, -0.25) is 9.59 Å². The normalized spacial score (nSPS) is 14.4. The summed E-state index contributed by atoms with van der Waals surface area (Å²) in [6, 6.07) is 2.53. The first-order valence-corrected chi connectivity index (χ1v) is 5.92. The molecule has 8 heteroatoms. The predicted octanol–water partition coefficient (Wildman–Crippen LogP) is 2.92. The highest BCUT2D eigenvalue weighted by Crippen LogP contribution is 2.35. The number of nitrogens with one attached hydrogen (secondary N) is 1. The molecular formula is C11H7BrF3NO3. The van der Waals surface area contributed by atoms with Crippen molar-refractivity contribution in [3.63, 3.8) is 0 Å². The van der Waals surface area contributed by atoms with Gasteiger partial charge in [-0.05, 0) is 28.1 Å². The van der Waals surface area contributed by atoms with Crippen molar-refractivity contribution in [2.75, 3.05) is 11.9 Å². The lowest BCUT2D eigenvalue weighted by Crippen LogP contribution is -2.25. The molecular weight excluding hydrogens is 331 g/mol. The molecule has 19 heavy (non-hydrogen) atoms. The van der Waals surface area contributed by atoms with Gasteiger partial charge in [-0.1, -0.05) is 0 Å². The summed E-state index contributed by atoms with van der Waals surface area (Å²) in [7, 11) is 0.